The highest BCUT2D eigenvalue weighted by Crippen LogP contribution is 2.24. The summed E-state index contributed by atoms with van der Waals surface area (Å²) < 4.78 is 0. The average molecular weight is 303 g/mol. The summed E-state index contributed by atoms with van der Waals surface area (Å²) in [6.45, 7) is 4.04. The van der Waals surface area contributed by atoms with Gasteiger partial charge in [0.05, 0.1) is 0 Å². The average Bonchev–Trinajstić information content (AvgIpc) is 2.51. The molecule has 2 rings (SSSR count). The molecule has 0 heterocycles. The van der Waals surface area contributed by atoms with E-state index < -0.39 is 12.0 Å². The topological polar surface area (TPSA) is 66.4 Å². The molecular formula is C18H25NO3. The van der Waals surface area contributed by atoms with Crippen molar-refractivity contribution in [1.82, 2.24) is 5.32 Å². The first-order valence-corrected chi connectivity index (χ1v) is 8.06. The van der Waals surface area contributed by atoms with Crippen LogP contribution in [-0.2, 0) is 16.0 Å². The zero-order valence-corrected chi connectivity index (χ0v) is 13.4. The maximum Gasteiger partial charge on any atom is 0.326 e. The van der Waals surface area contributed by atoms with Crippen LogP contribution in [0.1, 0.15) is 48.8 Å². The van der Waals surface area contributed by atoms with Gasteiger partial charge in [-0.15, -0.1) is 0 Å². The first-order chi connectivity index (χ1) is 10.5. The molecule has 2 N–H and O–H groups in total. The van der Waals surface area contributed by atoms with Gasteiger partial charge >= 0.3 is 5.97 Å². The van der Waals surface area contributed by atoms with E-state index in [1.54, 1.807) is 0 Å². The molecule has 0 spiro atoms. The molecule has 0 bridgehead atoms. The van der Waals surface area contributed by atoms with Crippen LogP contribution in [0.5, 0.6) is 0 Å². The minimum absolute atomic E-state index is 0.0182. The Kier molecular flexibility index (Phi) is 5.58. The van der Waals surface area contributed by atoms with Gasteiger partial charge in [-0.25, -0.2) is 4.79 Å². The Bertz CT molecular complexity index is 547. The van der Waals surface area contributed by atoms with Gasteiger partial charge in [-0.1, -0.05) is 37.5 Å². The number of aliphatic carboxylic acids is 1. The molecule has 0 aromatic heterocycles. The number of carboxylic acids is 1. The standard InChI is InChI=1S/C18H25NO3/c1-12-8-9-14(10-13(12)2)11-16(18(21)22)19-17(20)15-6-4-3-5-7-15/h8-10,15-16H,3-7,11H2,1-2H3,(H,19,20)(H,21,22)/t16-/m0/s1. The molecule has 0 aliphatic heterocycles. The molecule has 0 unspecified atom stereocenters. The van der Waals surface area contributed by atoms with Crippen LogP contribution in [0.4, 0.5) is 0 Å². The van der Waals surface area contributed by atoms with Crippen molar-refractivity contribution in [2.75, 3.05) is 0 Å². The quantitative estimate of drug-likeness (QED) is 0.878. The zero-order chi connectivity index (χ0) is 16.1. The van der Waals surface area contributed by atoms with Gasteiger partial charge in [0.1, 0.15) is 6.04 Å². The van der Waals surface area contributed by atoms with Crippen molar-refractivity contribution < 1.29 is 14.7 Å². The zero-order valence-electron chi connectivity index (χ0n) is 13.4. The van der Waals surface area contributed by atoms with Gasteiger partial charge in [0.25, 0.3) is 0 Å². The van der Waals surface area contributed by atoms with Crippen molar-refractivity contribution in [1.29, 1.82) is 0 Å². The smallest absolute Gasteiger partial charge is 0.326 e. The van der Waals surface area contributed by atoms with Crippen molar-refractivity contribution in [2.45, 2.75) is 58.4 Å². The van der Waals surface area contributed by atoms with E-state index in [-0.39, 0.29) is 11.8 Å². The molecule has 120 valence electrons. The molecule has 1 saturated carbocycles. The highest BCUT2D eigenvalue weighted by Gasteiger charge is 2.26. The van der Waals surface area contributed by atoms with Crippen molar-refractivity contribution in [2.24, 2.45) is 5.92 Å². The number of nitrogens with one attached hydrogen (secondary N) is 1. The monoisotopic (exact) mass is 303 g/mol. The van der Waals surface area contributed by atoms with Crippen molar-refractivity contribution in [3.8, 4) is 0 Å². The molecule has 1 fully saturated rings. The van der Waals surface area contributed by atoms with E-state index in [1.807, 2.05) is 32.0 Å². The van der Waals surface area contributed by atoms with Crippen LogP contribution in [0.2, 0.25) is 0 Å². The Hall–Kier alpha value is -1.84. The summed E-state index contributed by atoms with van der Waals surface area (Å²) in [6.07, 6.45) is 5.38. The summed E-state index contributed by atoms with van der Waals surface area (Å²) in [7, 11) is 0. The van der Waals surface area contributed by atoms with Crippen molar-refractivity contribution >= 4 is 11.9 Å². The van der Waals surface area contributed by atoms with Gasteiger partial charge in [-0.2, -0.15) is 0 Å². The van der Waals surface area contributed by atoms with Crippen LogP contribution < -0.4 is 5.32 Å². The van der Waals surface area contributed by atoms with E-state index in [4.69, 9.17) is 0 Å². The van der Waals surface area contributed by atoms with E-state index in [9.17, 15) is 14.7 Å². The number of carboxylic acid groups (broad SMARTS) is 1. The van der Waals surface area contributed by atoms with Gasteiger partial charge < -0.3 is 10.4 Å². The molecule has 4 heteroatoms. The molecule has 1 atom stereocenters. The fourth-order valence-corrected chi connectivity index (χ4v) is 3.02. The second-order valence-electron chi connectivity index (χ2n) is 6.36. The minimum Gasteiger partial charge on any atom is -0.480 e. The lowest BCUT2D eigenvalue weighted by Crippen LogP contribution is -2.45. The highest BCUT2D eigenvalue weighted by atomic mass is 16.4. The van der Waals surface area contributed by atoms with Gasteiger partial charge in [0, 0.05) is 12.3 Å². The molecule has 0 saturated heterocycles. The third-order valence-electron chi connectivity index (χ3n) is 4.60. The Balaban J connectivity index is 2.01. The number of amides is 1. The maximum atomic E-state index is 12.2. The number of aryl methyl sites for hydroxylation is 2. The van der Waals surface area contributed by atoms with E-state index in [0.29, 0.717) is 6.42 Å². The summed E-state index contributed by atoms with van der Waals surface area (Å²) in [4.78, 5) is 23.7. The number of carbonyl (C=O) groups excluding carboxylic acids is 1. The third-order valence-corrected chi connectivity index (χ3v) is 4.60. The summed E-state index contributed by atoms with van der Waals surface area (Å²) in [5.74, 6) is -1.09. The van der Waals surface area contributed by atoms with Gasteiger partial charge in [0.2, 0.25) is 5.91 Å². The van der Waals surface area contributed by atoms with Gasteiger partial charge in [-0.05, 0) is 43.4 Å². The predicted molar refractivity (Wildman–Crippen MR) is 85.8 cm³/mol. The molecule has 1 aromatic rings. The fraction of sp³-hybridized carbons (Fsp3) is 0.556. The predicted octanol–water partition coefficient (Wildman–Crippen LogP) is 3.00. The molecule has 4 nitrogen and oxygen atoms in total. The Morgan fingerprint density at radius 2 is 1.86 bits per heavy atom. The fourth-order valence-electron chi connectivity index (χ4n) is 3.02. The number of hydrogen-bond acceptors (Lipinski definition) is 2. The molecule has 0 radical (unpaired) electrons. The third kappa shape index (κ3) is 4.33. The van der Waals surface area contributed by atoms with Crippen LogP contribution in [0, 0.1) is 19.8 Å². The molecule has 1 amide bonds. The number of benzene rings is 1. The maximum absolute atomic E-state index is 12.2. The largest absolute Gasteiger partial charge is 0.480 e. The lowest BCUT2D eigenvalue weighted by molar-refractivity contribution is -0.142. The molecule has 1 aromatic carbocycles. The van der Waals surface area contributed by atoms with Gasteiger partial charge in [-0.3, -0.25) is 4.79 Å². The Labute approximate surface area is 131 Å². The summed E-state index contributed by atoms with van der Waals surface area (Å²) in [5.41, 5.74) is 3.27. The van der Waals surface area contributed by atoms with E-state index in [2.05, 4.69) is 5.32 Å². The first kappa shape index (κ1) is 16.5. The van der Waals surface area contributed by atoms with Crippen LogP contribution >= 0.6 is 0 Å². The van der Waals surface area contributed by atoms with Crippen LogP contribution in [0.15, 0.2) is 18.2 Å². The van der Waals surface area contributed by atoms with Gasteiger partial charge in [0.15, 0.2) is 0 Å². The lowest BCUT2D eigenvalue weighted by Gasteiger charge is -2.23. The Morgan fingerprint density at radius 3 is 2.45 bits per heavy atom. The normalized spacial score (nSPS) is 17.0. The Morgan fingerprint density at radius 1 is 1.18 bits per heavy atom. The van der Waals surface area contributed by atoms with E-state index in [1.165, 1.54) is 12.0 Å². The van der Waals surface area contributed by atoms with Crippen molar-refractivity contribution in [3.63, 3.8) is 0 Å². The summed E-state index contributed by atoms with van der Waals surface area (Å²) in [5, 5.41) is 12.1. The van der Waals surface area contributed by atoms with Crippen LogP contribution in [0.3, 0.4) is 0 Å². The molecule has 22 heavy (non-hydrogen) atoms. The number of hydrogen-bond donors (Lipinski definition) is 2. The second-order valence-corrected chi connectivity index (χ2v) is 6.36. The van der Waals surface area contributed by atoms with Crippen molar-refractivity contribution in [3.05, 3.63) is 34.9 Å². The van der Waals surface area contributed by atoms with Crippen LogP contribution in [0.25, 0.3) is 0 Å². The van der Waals surface area contributed by atoms with E-state index >= 15 is 0 Å². The molecular weight excluding hydrogens is 278 g/mol. The summed E-state index contributed by atoms with van der Waals surface area (Å²) >= 11 is 0. The van der Waals surface area contributed by atoms with E-state index in [0.717, 1.165) is 36.8 Å². The molecule has 1 aliphatic rings. The number of rotatable bonds is 5. The number of carbonyl (C=O) groups is 2. The first-order valence-electron chi connectivity index (χ1n) is 8.06. The van der Waals surface area contributed by atoms with Crippen LogP contribution in [-0.4, -0.2) is 23.0 Å². The SMILES string of the molecule is Cc1ccc(C[C@H](NC(=O)C2CCCCC2)C(=O)O)cc1C. The summed E-state index contributed by atoms with van der Waals surface area (Å²) in [6, 6.07) is 5.08. The highest BCUT2D eigenvalue weighted by molar-refractivity contribution is 5.85. The second kappa shape index (κ2) is 7.43. The molecule has 1 aliphatic carbocycles. The lowest BCUT2D eigenvalue weighted by atomic mass is 9.88. The minimum atomic E-state index is -0.970.